The molecule has 0 aliphatic heterocycles. The molecule has 5 aromatic rings. The van der Waals surface area contributed by atoms with Gasteiger partial charge in [-0.1, -0.05) is 36.4 Å². The van der Waals surface area contributed by atoms with Gasteiger partial charge in [-0.3, -0.25) is 4.79 Å². The van der Waals surface area contributed by atoms with Crippen molar-refractivity contribution in [2.75, 3.05) is 0 Å². The number of hydrogen-bond donors (Lipinski definition) is 0. The van der Waals surface area contributed by atoms with Crippen LogP contribution in [0.4, 0.5) is 4.39 Å². The third-order valence-corrected chi connectivity index (χ3v) is 4.40. The average molecular weight is 329 g/mol. The number of fused-ring (bicyclic) bond motifs is 4. The third kappa shape index (κ3) is 1.86. The van der Waals surface area contributed by atoms with Crippen LogP contribution in [0.15, 0.2) is 77.6 Å². The summed E-state index contributed by atoms with van der Waals surface area (Å²) in [5.74, 6) is -0.561. The van der Waals surface area contributed by atoms with E-state index in [1.807, 2.05) is 54.6 Å². The zero-order valence-electron chi connectivity index (χ0n) is 13.1. The van der Waals surface area contributed by atoms with Gasteiger partial charge in [-0.25, -0.2) is 14.1 Å². The summed E-state index contributed by atoms with van der Waals surface area (Å²) in [5, 5.41) is 0.842. The van der Waals surface area contributed by atoms with Crippen LogP contribution in [0.3, 0.4) is 0 Å². The van der Waals surface area contributed by atoms with Gasteiger partial charge in [0.2, 0.25) is 0 Å². The van der Waals surface area contributed by atoms with Gasteiger partial charge in [0, 0.05) is 5.39 Å². The Morgan fingerprint density at radius 1 is 0.840 bits per heavy atom. The highest BCUT2D eigenvalue weighted by molar-refractivity contribution is 5.96. The molecule has 2 aromatic heterocycles. The normalized spacial score (nSPS) is 11.6. The van der Waals surface area contributed by atoms with Crippen LogP contribution in [0.25, 0.3) is 33.1 Å². The van der Waals surface area contributed by atoms with Crippen molar-refractivity contribution in [1.82, 2.24) is 14.2 Å². The van der Waals surface area contributed by atoms with Crippen molar-refractivity contribution in [3.05, 3.63) is 89.0 Å². The standard InChI is InChI=1S/C20H12FN3O/c21-15-10-6-11-16-18(15)20(25)24-19(22-16)14-9-4-5-12-17(14)23(24)13-7-2-1-3-8-13/h1-12H. The Bertz CT molecular complexity index is 1320. The van der Waals surface area contributed by atoms with Crippen LogP contribution in [0, 0.1) is 5.82 Å². The molecule has 0 N–H and O–H groups in total. The van der Waals surface area contributed by atoms with Gasteiger partial charge in [-0.15, -0.1) is 0 Å². The maximum Gasteiger partial charge on any atom is 0.284 e. The van der Waals surface area contributed by atoms with E-state index in [1.54, 1.807) is 16.8 Å². The molecule has 0 saturated carbocycles. The lowest BCUT2D eigenvalue weighted by Gasteiger charge is -2.08. The second-order valence-electron chi connectivity index (χ2n) is 5.85. The van der Waals surface area contributed by atoms with E-state index in [9.17, 15) is 9.18 Å². The first-order chi connectivity index (χ1) is 12.3. The van der Waals surface area contributed by atoms with Gasteiger partial charge < -0.3 is 0 Å². The summed E-state index contributed by atoms with van der Waals surface area (Å²) in [4.78, 5) is 17.7. The van der Waals surface area contributed by atoms with Crippen LogP contribution < -0.4 is 5.56 Å². The minimum absolute atomic E-state index is 0.0000118. The molecule has 4 nitrogen and oxygen atoms in total. The van der Waals surface area contributed by atoms with E-state index in [1.165, 1.54) is 10.6 Å². The predicted molar refractivity (Wildman–Crippen MR) is 95.8 cm³/mol. The Morgan fingerprint density at radius 2 is 1.60 bits per heavy atom. The molecule has 0 bridgehead atoms. The molecular weight excluding hydrogens is 317 g/mol. The lowest BCUT2D eigenvalue weighted by Crippen LogP contribution is -2.21. The second-order valence-corrected chi connectivity index (χ2v) is 5.85. The first kappa shape index (κ1) is 13.9. The van der Waals surface area contributed by atoms with E-state index < -0.39 is 11.4 Å². The fourth-order valence-corrected chi connectivity index (χ4v) is 3.32. The van der Waals surface area contributed by atoms with Crippen molar-refractivity contribution in [1.29, 1.82) is 0 Å². The highest BCUT2D eigenvalue weighted by atomic mass is 19.1. The summed E-state index contributed by atoms with van der Waals surface area (Å²) in [6.45, 7) is 0. The molecule has 0 fully saturated rings. The highest BCUT2D eigenvalue weighted by Gasteiger charge is 2.18. The lowest BCUT2D eigenvalue weighted by atomic mass is 10.2. The van der Waals surface area contributed by atoms with Gasteiger partial charge in [0.25, 0.3) is 5.56 Å². The molecule has 5 rings (SSSR count). The Labute approximate surface area is 141 Å². The minimum atomic E-state index is -0.561. The van der Waals surface area contributed by atoms with Crippen molar-refractivity contribution in [2.24, 2.45) is 0 Å². The molecule has 0 atom stereocenters. The van der Waals surface area contributed by atoms with E-state index in [-0.39, 0.29) is 5.39 Å². The Kier molecular flexibility index (Phi) is 2.79. The Hall–Kier alpha value is -3.47. The topological polar surface area (TPSA) is 39.3 Å². The smallest absolute Gasteiger partial charge is 0.266 e. The highest BCUT2D eigenvalue weighted by Crippen LogP contribution is 2.25. The summed E-state index contributed by atoms with van der Waals surface area (Å²) in [6, 6.07) is 21.7. The quantitative estimate of drug-likeness (QED) is 0.467. The molecular formula is C20H12FN3O. The number of para-hydroxylation sites is 2. The fraction of sp³-hybridized carbons (Fsp3) is 0. The van der Waals surface area contributed by atoms with Crippen molar-refractivity contribution in [3.8, 4) is 5.69 Å². The van der Waals surface area contributed by atoms with Crippen LogP contribution in [0.2, 0.25) is 0 Å². The van der Waals surface area contributed by atoms with Gasteiger partial charge in [0.1, 0.15) is 11.2 Å². The van der Waals surface area contributed by atoms with Crippen LogP contribution >= 0.6 is 0 Å². The molecule has 0 saturated heterocycles. The molecule has 0 aliphatic carbocycles. The van der Waals surface area contributed by atoms with Crippen molar-refractivity contribution >= 4 is 27.5 Å². The maximum atomic E-state index is 14.3. The van der Waals surface area contributed by atoms with E-state index in [0.717, 1.165) is 16.6 Å². The second kappa shape index (κ2) is 5.01. The van der Waals surface area contributed by atoms with Gasteiger partial charge in [0.05, 0.1) is 16.7 Å². The first-order valence-electron chi connectivity index (χ1n) is 7.92. The Morgan fingerprint density at radius 3 is 2.44 bits per heavy atom. The average Bonchev–Trinajstić information content (AvgIpc) is 2.97. The van der Waals surface area contributed by atoms with Crippen molar-refractivity contribution < 1.29 is 4.39 Å². The number of halogens is 1. The summed E-state index contributed by atoms with van der Waals surface area (Å²) >= 11 is 0. The van der Waals surface area contributed by atoms with Gasteiger partial charge >= 0.3 is 0 Å². The zero-order chi connectivity index (χ0) is 17.0. The van der Waals surface area contributed by atoms with Crippen LogP contribution in [0.5, 0.6) is 0 Å². The predicted octanol–water partition coefficient (Wildman–Crippen LogP) is 3.93. The van der Waals surface area contributed by atoms with E-state index in [2.05, 4.69) is 4.98 Å². The molecule has 0 radical (unpaired) electrons. The number of nitrogens with zero attached hydrogens (tertiary/aromatic N) is 3. The summed E-state index contributed by atoms with van der Waals surface area (Å²) in [7, 11) is 0. The molecule has 5 heteroatoms. The van der Waals surface area contributed by atoms with Gasteiger partial charge in [0.15, 0.2) is 5.65 Å². The summed E-state index contributed by atoms with van der Waals surface area (Å²) in [5.41, 5.74) is 2.11. The SMILES string of the molecule is O=c1c2c(F)cccc2nc2c3ccccc3n(-c3ccccc3)n12. The molecule has 0 unspecified atom stereocenters. The lowest BCUT2D eigenvalue weighted by molar-refractivity contribution is 0.636. The van der Waals surface area contributed by atoms with Crippen molar-refractivity contribution in [2.45, 2.75) is 0 Å². The van der Waals surface area contributed by atoms with Crippen molar-refractivity contribution in [3.63, 3.8) is 0 Å². The van der Waals surface area contributed by atoms with Gasteiger partial charge in [-0.05, 0) is 36.4 Å². The van der Waals surface area contributed by atoms with Gasteiger partial charge in [-0.2, -0.15) is 4.52 Å². The maximum absolute atomic E-state index is 14.3. The number of rotatable bonds is 1. The number of benzene rings is 3. The molecule has 25 heavy (non-hydrogen) atoms. The zero-order valence-corrected chi connectivity index (χ0v) is 13.1. The van der Waals surface area contributed by atoms with Crippen LogP contribution in [-0.4, -0.2) is 14.2 Å². The largest absolute Gasteiger partial charge is 0.284 e. The van der Waals surface area contributed by atoms with E-state index in [4.69, 9.17) is 0 Å². The monoisotopic (exact) mass is 329 g/mol. The fourth-order valence-electron chi connectivity index (χ4n) is 3.32. The molecule has 0 aliphatic rings. The summed E-state index contributed by atoms with van der Waals surface area (Å²) < 4.78 is 17.5. The molecule has 120 valence electrons. The number of hydrogen-bond acceptors (Lipinski definition) is 2. The number of aromatic nitrogens is 3. The Balaban J connectivity index is 2.11. The summed E-state index contributed by atoms with van der Waals surface area (Å²) in [6.07, 6.45) is 0. The third-order valence-electron chi connectivity index (χ3n) is 4.40. The first-order valence-corrected chi connectivity index (χ1v) is 7.92. The molecule has 0 amide bonds. The molecule has 0 spiro atoms. The van der Waals surface area contributed by atoms with Crippen LogP contribution in [0.1, 0.15) is 0 Å². The molecule has 3 aromatic carbocycles. The van der Waals surface area contributed by atoms with Crippen LogP contribution in [-0.2, 0) is 0 Å². The molecule has 2 heterocycles. The van der Waals surface area contributed by atoms with E-state index >= 15 is 0 Å². The van der Waals surface area contributed by atoms with E-state index in [0.29, 0.717) is 11.2 Å². The minimum Gasteiger partial charge on any atom is -0.266 e.